The molecule has 11 heteroatoms. The van der Waals surface area contributed by atoms with E-state index in [1.54, 1.807) is 37.5 Å². The van der Waals surface area contributed by atoms with Crippen molar-refractivity contribution in [3.63, 3.8) is 0 Å². The minimum atomic E-state index is -0.533. The number of methoxy groups -OCH3 is 1. The summed E-state index contributed by atoms with van der Waals surface area (Å²) in [6, 6.07) is 8.50. The van der Waals surface area contributed by atoms with E-state index in [1.165, 1.54) is 0 Å². The molecule has 1 N–H and O–H groups in total. The van der Waals surface area contributed by atoms with Crippen LogP contribution in [0.25, 0.3) is 6.08 Å². The highest BCUT2D eigenvalue weighted by atomic mass is 127. The van der Waals surface area contributed by atoms with Crippen molar-refractivity contribution in [1.82, 2.24) is 4.90 Å². The predicted molar refractivity (Wildman–Crippen MR) is 142 cm³/mol. The van der Waals surface area contributed by atoms with Gasteiger partial charge in [-0.1, -0.05) is 18.5 Å². The molecule has 1 aliphatic heterocycles. The van der Waals surface area contributed by atoms with Gasteiger partial charge < -0.3 is 14.8 Å². The summed E-state index contributed by atoms with van der Waals surface area (Å²) in [7, 11) is 1.54. The molecule has 0 atom stereocenters. The lowest BCUT2D eigenvalue weighted by atomic mass is 10.2. The molecule has 174 valence electrons. The van der Waals surface area contributed by atoms with Crippen LogP contribution in [0.1, 0.15) is 18.9 Å². The third kappa shape index (κ3) is 6.43. The second-order valence-corrected chi connectivity index (χ2v) is 10.2. The van der Waals surface area contributed by atoms with Crippen molar-refractivity contribution in [3.8, 4) is 11.5 Å². The van der Waals surface area contributed by atoms with Crippen LogP contribution in [-0.4, -0.2) is 42.2 Å². The van der Waals surface area contributed by atoms with Gasteiger partial charge >= 0.3 is 0 Å². The maximum Gasteiger partial charge on any atom is 0.294 e. The number of hydrogen-bond acceptors (Lipinski definition) is 6. The summed E-state index contributed by atoms with van der Waals surface area (Å²) in [6.07, 6.45) is 2.46. The van der Waals surface area contributed by atoms with Gasteiger partial charge in [0.1, 0.15) is 6.54 Å². The van der Waals surface area contributed by atoms with Gasteiger partial charge in [-0.25, -0.2) is 0 Å². The number of nitrogens with zero attached hydrogens (tertiary/aromatic N) is 1. The molecule has 0 aromatic heterocycles. The molecule has 0 radical (unpaired) electrons. The fourth-order valence-electron chi connectivity index (χ4n) is 2.87. The number of amides is 3. The van der Waals surface area contributed by atoms with E-state index in [2.05, 4.69) is 43.8 Å². The molecular formula is C22H19BrClIN2O5S. The maximum atomic E-state index is 12.8. The fourth-order valence-corrected chi connectivity index (χ4v) is 4.92. The minimum Gasteiger partial charge on any atom is -0.493 e. The first-order valence-corrected chi connectivity index (χ1v) is 12.8. The van der Waals surface area contributed by atoms with E-state index in [0.717, 1.165) is 26.7 Å². The largest absolute Gasteiger partial charge is 0.493 e. The average Bonchev–Trinajstić information content (AvgIpc) is 3.02. The lowest BCUT2D eigenvalue weighted by Crippen LogP contribution is -2.36. The summed E-state index contributed by atoms with van der Waals surface area (Å²) in [5.74, 6) is 0.128. The van der Waals surface area contributed by atoms with Crippen LogP contribution in [0, 0.1) is 3.57 Å². The Hall–Kier alpha value is -1.76. The summed E-state index contributed by atoms with van der Waals surface area (Å²) in [6.45, 7) is 2.16. The quantitative estimate of drug-likeness (QED) is 0.268. The Bertz CT molecular complexity index is 1140. The summed E-state index contributed by atoms with van der Waals surface area (Å²) in [4.78, 5) is 38.7. The Kier molecular flexibility index (Phi) is 9.08. The molecule has 0 bridgehead atoms. The summed E-state index contributed by atoms with van der Waals surface area (Å²) < 4.78 is 12.7. The van der Waals surface area contributed by atoms with Gasteiger partial charge in [0.2, 0.25) is 5.91 Å². The van der Waals surface area contributed by atoms with Crippen molar-refractivity contribution in [1.29, 1.82) is 0 Å². The third-order valence-electron chi connectivity index (χ3n) is 4.38. The molecule has 3 amide bonds. The van der Waals surface area contributed by atoms with Gasteiger partial charge in [0, 0.05) is 10.2 Å². The van der Waals surface area contributed by atoms with Crippen LogP contribution in [0.5, 0.6) is 11.5 Å². The Morgan fingerprint density at radius 3 is 2.73 bits per heavy atom. The highest BCUT2D eigenvalue weighted by Crippen LogP contribution is 2.37. The summed E-state index contributed by atoms with van der Waals surface area (Å²) in [5, 5.41) is 2.55. The number of carbonyl (C=O) groups is 3. The number of imide groups is 1. The van der Waals surface area contributed by atoms with E-state index in [9.17, 15) is 14.4 Å². The van der Waals surface area contributed by atoms with Gasteiger partial charge in [0.25, 0.3) is 11.1 Å². The Morgan fingerprint density at radius 2 is 2.06 bits per heavy atom. The molecule has 0 aliphatic carbocycles. The van der Waals surface area contributed by atoms with Crippen LogP contribution in [0.3, 0.4) is 0 Å². The molecule has 0 spiro atoms. The van der Waals surface area contributed by atoms with Gasteiger partial charge in [-0.15, -0.1) is 0 Å². The molecular weight excluding hydrogens is 647 g/mol. The smallest absolute Gasteiger partial charge is 0.294 e. The SMILES string of the molecule is CCCOc1c(I)cc(/C=C2\SC(=O)N(CC(=O)Nc3ccc(Br)c(Cl)c3)C2=O)cc1OC. The molecule has 1 aliphatic rings. The van der Waals surface area contributed by atoms with E-state index in [0.29, 0.717) is 38.9 Å². The molecule has 1 saturated heterocycles. The number of hydrogen-bond donors (Lipinski definition) is 1. The number of benzene rings is 2. The molecule has 33 heavy (non-hydrogen) atoms. The first kappa shape index (κ1) is 25.9. The van der Waals surface area contributed by atoms with E-state index in [4.69, 9.17) is 21.1 Å². The average molecular weight is 666 g/mol. The number of rotatable bonds is 8. The second-order valence-electron chi connectivity index (χ2n) is 6.83. The van der Waals surface area contributed by atoms with Gasteiger partial charge in [-0.2, -0.15) is 0 Å². The van der Waals surface area contributed by atoms with Crippen LogP contribution in [0.15, 0.2) is 39.7 Å². The normalized spacial score (nSPS) is 14.7. The van der Waals surface area contributed by atoms with E-state index in [1.807, 2.05) is 13.0 Å². The Morgan fingerprint density at radius 1 is 1.30 bits per heavy atom. The van der Waals surface area contributed by atoms with E-state index < -0.39 is 23.6 Å². The lowest BCUT2D eigenvalue weighted by Gasteiger charge is -2.13. The molecule has 1 heterocycles. The number of thioether (sulfide) groups is 1. The molecule has 2 aromatic carbocycles. The van der Waals surface area contributed by atoms with Crippen molar-refractivity contribution in [3.05, 3.63) is 53.9 Å². The topological polar surface area (TPSA) is 84.9 Å². The highest BCUT2D eigenvalue weighted by molar-refractivity contribution is 14.1. The van der Waals surface area contributed by atoms with Crippen LogP contribution in [0.4, 0.5) is 10.5 Å². The zero-order valence-electron chi connectivity index (χ0n) is 17.6. The van der Waals surface area contributed by atoms with Gasteiger partial charge in [-0.3, -0.25) is 19.3 Å². The number of ether oxygens (including phenoxy) is 2. The van der Waals surface area contributed by atoms with Gasteiger partial charge in [-0.05, 0) is 98.7 Å². The maximum absolute atomic E-state index is 12.8. The predicted octanol–water partition coefficient (Wildman–Crippen LogP) is 6.18. The number of halogens is 3. The zero-order valence-corrected chi connectivity index (χ0v) is 22.9. The minimum absolute atomic E-state index is 0.222. The number of anilines is 1. The Labute approximate surface area is 222 Å². The van der Waals surface area contributed by atoms with Crippen LogP contribution >= 0.6 is 61.9 Å². The molecule has 0 saturated carbocycles. The standard InChI is InChI=1S/C22H19BrClIN2O5S/c1-3-6-32-20-16(25)7-12(8-17(20)31-2)9-18-21(29)27(22(30)33-18)11-19(28)26-13-4-5-14(23)15(24)10-13/h4-5,7-10H,3,6,11H2,1-2H3,(H,26,28)/b18-9-. The van der Waals surface area contributed by atoms with Gasteiger partial charge in [0.15, 0.2) is 11.5 Å². The summed E-state index contributed by atoms with van der Waals surface area (Å²) >= 11 is 12.2. The molecule has 2 aromatic rings. The van der Waals surface area contributed by atoms with Crippen molar-refractivity contribution < 1.29 is 23.9 Å². The summed E-state index contributed by atoms with van der Waals surface area (Å²) in [5.41, 5.74) is 1.14. The number of carbonyl (C=O) groups excluding carboxylic acids is 3. The molecule has 3 rings (SSSR count). The Balaban J connectivity index is 1.74. The van der Waals surface area contributed by atoms with Crippen LogP contribution in [-0.2, 0) is 9.59 Å². The second kappa shape index (κ2) is 11.6. The van der Waals surface area contributed by atoms with Crippen molar-refractivity contribution in [2.24, 2.45) is 0 Å². The van der Waals surface area contributed by atoms with Crippen molar-refractivity contribution in [2.75, 3.05) is 25.6 Å². The first-order chi connectivity index (χ1) is 15.7. The van der Waals surface area contributed by atoms with Gasteiger partial charge in [0.05, 0.1) is 27.2 Å². The number of nitrogens with one attached hydrogen (secondary N) is 1. The van der Waals surface area contributed by atoms with Crippen LogP contribution < -0.4 is 14.8 Å². The van der Waals surface area contributed by atoms with Crippen LogP contribution in [0.2, 0.25) is 5.02 Å². The van der Waals surface area contributed by atoms with E-state index >= 15 is 0 Å². The zero-order chi connectivity index (χ0) is 24.1. The fraction of sp³-hybridized carbons (Fsp3) is 0.227. The van der Waals surface area contributed by atoms with Crippen molar-refractivity contribution >= 4 is 90.7 Å². The monoisotopic (exact) mass is 664 g/mol. The lowest BCUT2D eigenvalue weighted by molar-refractivity contribution is -0.127. The van der Waals surface area contributed by atoms with Crippen molar-refractivity contribution in [2.45, 2.75) is 13.3 Å². The molecule has 7 nitrogen and oxygen atoms in total. The first-order valence-electron chi connectivity index (χ1n) is 9.74. The third-order valence-corrected chi connectivity index (χ3v) is 7.32. The molecule has 1 fully saturated rings. The highest BCUT2D eigenvalue weighted by Gasteiger charge is 2.36. The van der Waals surface area contributed by atoms with E-state index in [-0.39, 0.29) is 4.91 Å². The molecule has 0 unspecified atom stereocenters.